The van der Waals surface area contributed by atoms with Gasteiger partial charge in [-0.1, -0.05) is 6.07 Å². The van der Waals surface area contributed by atoms with E-state index >= 15 is 0 Å². The van der Waals surface area contributed by atoms with Crippen molar-refractivity contribution >= 4 is 23.3 Å². The third kappa shape index (κ3) is 3.47. The molecule has 2 heterocycles. The standard InChI is InChI=1S/C19H22N4O2/c1-13(24)23-10-8-14-11-15(6-7-17(14)23)19(25)21-12-16-5-4-9-20-18(16)22(2)3/h4-7,9,11H,8,10,12H2,1-3H3,(H,21,25). The van der Waals surface area contributed by atoms with Crippen LogP contribution in [0.1, 0.15) is 28.4 Å². The summed E-state index contributed by atoms with van der Waals surface area (Å²) >= 11 is 0. The lowest BCUT2D eigenvalue weighted by atomic mass is 10.1. The summed E-state index contributed by atoms with van der Waals surface area (Å²) in [6, 6.07) is 9.32. The summed E-state index contributed by atoms with van der Waals surface area (Å²) in [4.78, 5) is 32.1. The highest BCUT2D eigenvalue weighted by molar-refractivity contribution is 5.97. The van der Waals surface area contributed by atoms with E-state index in [0.717, 1.165) is 29.1 Å². The summed E-state index contributed by atoms with van der Waals surface area (Å²) < 4.78 is 0. The molecule has 0 spiro atoms. The van der Waals surface area contributed by atoms with Gasteiger partial charge in [0.25, 0.3) is 5.91 Å². The summed E-state index contributed by atoms with van der Waals surface area (Å²) in [7, 11) is 3.85. The molecule has 0 radical (unpaired) electrons. The molecule has 2 amide bonds. The molecule has 0 aliphatic carbocycles. The van der Waals surface area contributed by atoms with Crippen LogP contribution in [0.5, 0.6) is 0 Å². The zero-order valence-electron chi connectivity index (χ0n) is 14.7. The Hall–Kier alpha value is -2.89. The molecule has 1 aromatic heterocycles. The van der Waals surface area contributed by atoms with Crippen LogP contribution in [-0.4, -0.2) is 37.4 Å². The summed E-state index contributed by atoms with van der Waals surface area (Å²) in [5.74, 6) is 0.746. The lowest BCUT2D eigenvalue weighted by molar-refractivity contribution is -0.116. The molecule has 0 saturated carbocycles. The number of anilines is 2. The number of nitrogens with zero attached hydrogens (tertiary/aromatic N) is 3. The number of carbonyl (C=O) groups is 2. The maximum Gasteiger partial charge on any atom is 0.251 e. The molecule has 0 atom stereocenters. The largest absolute Gasteiger partial charge is 0.362 e. The summed E-state index contributed by atoms with van der Waals surface area (Å²) in [5.41, 5.74) is 3.52. The minimum Gasteiger partial charge on any atom is -0.362 e. The first-order valence-electron chi connectivity index (χ1n) is 8.28. The van der Waals surface area contributed by atoms with Crippen LogP contribution in [-0.2, 0) is 17.8 Å². The monoisotopic (exact) mass is 338 g/mol. The highest BCUT2D eigenvalue weighted by atomic mass is 16.2. The molecule has 1 N–H and O–H groups in total. The van der Waals surface area contributed by atoms with Gasteiger partial charge in [-0.2, -0.15) is 0 Å². The first kappa shape index (κ1) is 17.0. The number of rotatable bonds is 4. The summed E-state index contributed by atoms with van der Waals surface area (Å²) in [6.07, 6.45) is 2.52. The minimum atomic E-state index is -0.127. The maximum atomic E-state index is 12.5. The number of hydrogen-bond donors (Lipinski definition) is 1. The fourth-order valence-corrected chi connectivity index (χ4v) is 3.12. The van der Waals surface area contributed by atoms with Crippen LogP contribution in [0.15, 0.2) is 36.5 Å². The van der Waals surface area contributed by atoms with Gasteiger partial charge in [0.15, 0.2) is 0 Å². The van der Waals surface area contributed by atoms with E-state index in [0.29, 0.717) is 18.7 Å². The highest BCUT2D eigenvalue weighted by Gasteiger charge is 2.23. The van der Waals surface area contributed by atoms with Crippen LogP contribution >= 0.6 is 0 Å². The smallest absolute Gasteiger partial charge is 0.251 e. The van der Waals surface area contributed by atoms with Gasteiger partial charge >= 0.3 is 0 Å². The second-order valence-electron chi connectivity index (χ2n) is 6.33. The zero-order chi connectivity index (χ0) is 18.0. The molecule has 6 heteroatoms. The Bertz CT molecular complexity index is 817. The van der Waals surface area contributed by atoms with E-state index in [-0.39, 0.29) is 11.8 Å². The molecule has 3 rings (SSSR count). The second-order valence-corrected chi connectivity index (χ2v) is 6.33. The van der Waals surface area contributed by atoms with Crippen molar-refractivity contribution in [1.29, 1.82) is 0 Å². The van der Waals surface area contributed by atoms with Gasteiger partial charge in [-0.3, -0.25) is 9.59 Å². The maximum absolute atomic E-state index is 12.5. The van der Waals surface area contributed by atoms with Gasteiger partial charge in [-0.15, -0.1) is 0 Å². The number of benzene rings is 1. The van der Waals surface area contributed by atoms with E-state index in [9.17, 15) is 9.59 Å². The fourth-order valence-electron chi connectivity index (χ4n) is 3.12. The minimum absolute atomic E-state index is 0.0312. The molecule has 1 aliphatic heterocycles. The van der Waals surface area contributed by atoms with E-state index in [2.05, 4.69) is 10.3 Å². The van der Waals surface area contributed by atoms with Crippen molar-refractivity contribution in [1.82, 2.24) is 10.3 Å². The van der Waals surface area contributed by atoms with Crippen molar-refractivity contribution in [2.75, 3.05) is 30.4 Å². The van der Waals surface area contributed by atoms with Crippen molar-refractivity contribution in [3.8, 4) is 0 Å². The van der Waals surface area contributed by atoms with E-state index in [1.54, 1.807) is 24.1 Å². The first-order chi connectivity index (χ1) is 12.0. The number of pyridine rings is 1. The van der Waals surface area contributed by atoms with Crippen LogP contribution in [0.3, 0.4) is 0 Å². The third-order valence-corrected chi connectivity index (χ3v) is 4.35. The number of carbonyl (C=O) groups excluding carboxylic acids is 2. The Morgan fingerprint density at radius 1 is 1.28 bits per heavy atom. The lowest BCUT2D eigenvalue weighted by Gasteiger charge is -2.16. The van der Waals surface area contributed by atoms with Crippen LogP contribution in [0.25, 0.3) is 0 Å². The number of fused-ring (bicyclic) bond motifs is 1. The van der Waals surface area contributed by atoms with Crippen LogP contribution < -0.4 is 15.1 Å². The molecule has 0 fully saturated rings. The van der Waals surface area contributed by atoms with Crippen LogP contribution in [0, 0.1) is 0 Å². The Morgan fingerprint density at radius 2 is 2.08 bits per heavy atom. The molecule has 6 nitrogen and oxygen atoms in total. The number of hydrogen-bond acceptors (Lipinski definition) is 4. The van der Waals surface area contributed by atoms with Gasteiger partial charge in [0, 0.05) is 57.1 Å². The van der Waals surface area contributed by atoms with Crippen molar-refractivity contribution in [2.24, 2.45) is 0 Å². The number of aromatic nitrogens is 1. The topological polar surface area (TPSA) is 65.5 Å². The average molecular weight is 338 g/mol. The predicted octanol–water partition coefficient (Wildman–Crippen LogP) is 1.99. The van der Waals surface area contributed by atoms with Crippen molar-refractivity contribution < 1.29 is 9.59 Å². The molecule has 0 unspecified atom stereocenters. The Labute approximate surface area is 147 Å². The van der Waals surface area contributed by atoms with Gasteiger partial charge in [-0.25, -0.2) is 4.98 Å². The van der Waals surface area contributed by atoms with Gasteiger partial charge < -0.3 is 15.1 Å². The lowest BCUT2D eigenvalue weighted by Crippen LogP contribution is -2.26. The van der Waals surface area contributed by atoms with E-state index in [4.69, 9.17) is 0 Å². The van der Waals surface area contributed by atoms with Crippen LogP contribution in [0.4, 0.5) is 11.5 Å². The molecule has 25 heavy (non-hydrogen) atoms. The molecule has 1 aliphatic rings. The Morgan fingerprint density at radius 3 is 2.80 bits per heavy atom. The van der Waals surface area contributed by atoms with Crippen molar-refractivity contribution in [3.05, 3.63) is 53.2 Å². The molecular weight excluding hydrogens is 316 g/mol. The van der Waals surface area contributed by atoms with Gasteiger partial charge in [0.05, 0.1) is 0 Å². The molecular formula is C19H22N4O2. The molecule has 0 saturated heterocycles. The van der Waals surface area contributed by atoms with Gasteiger partial charge in [0.2, 0.25) is 5.91 Å². The quantitative estimate of drug-likeness (QED) is 0.926. The van der Waals surface area contributed by atoms with Gasteiger partial charge in [-0.05, 0) is 36.2 Å². The number of nitrogens with one attached hydrogen (secondary N) is 1. The SMILES string of the molecule is CC(=O)N1CCc2cc(C(=O)NCc3cccnc3N(C)C)ccc21. The van der Waals surface area contributed by atoms with E-state index in [1.807, 2.05) is 43.3 Å². The summed E-state index contributed by atoms with van der Waals surface area (Å²) in [5, 5.41) is 2.95. The Kier molecular flexibility index (Phi) is 4.70. The summed E-state index contributed by atoms with van der Waals surface area (Å²) in [6.45, 7) is 2.65. The van der Waals surface area contributed by atoms with E-state index in [1.165, 1.54) is 0 Å². The molecule has 2 aromatic rings. The fraction of sp³-hybridized carbons (Fsp3) is 0.316. The first-order valence-corrected chi connectivity index (χ1v) is 8.28. The Balaban J connectivity index is 1.72. The van der Waals surface area contributed by atoms with Crippen molar-refractivity contribution in [3.63, 3.8) is 0 Å². The van der Waals surface area contributed by atoms with E-state index < -0.39 is 0 Å². The molecule has 0 bridgehead atoms. The third-order valence-electron chi connectivity index (χ3n) is 4.35. The van der Waals surface area contributed by atoms with Gasteiger partial charge in [0.1, 0.15) is 5.82 Å². The average Bonchev–Trinajstić information content (AvgIpc) is 3.03. The predicted molar refractivity (Wildman–Crippen MR) is 97.9 cm³/mol. The molecule has 130 valence electrons. The zero-order valence-corrected chi connectivity index (χ0v) is 14.7. The highest BCUT2D eigenvalue weighted by Crippen LogP contribution is 2.28. The number of amides is 2. The second kappa shape index (κ2) is 6.93. The molecule has 1 aromatic carbocycles. The van der Waals surface area contributed by atoms with Crippen molar-refractivity contribution in [2.45, 2.75) is 19.9 Å². The van der Waals surface area contributed by atoms with Crippen LogP contribution in [0.2, 0.25) is 0 Å². The normalized spacial score (nSPS) is 12.7.